The van der Waals surface area contributed by atoms with Crippen LogP contribution >= 0.6 is 23.4 Å². The van der Waals surface area contributed by atoms with E-state index in [1.807, 2.05) is 36.0 Å². The van der Waals surface area contributed by atoms with Gasteiger partial charge < -0.3 is 5.32 Å². The molecule has 4 heteroatoms. The van der Waals surface area contributed by atoms with Crippen LogP contribution in [0.2, 0.25) is 5.02 Å². The normalized spacial score (nSPS) is 19.2. The van der Waals surface area contributed by atoms with Gasteiger partial charge in [0.25, 0.3) is 0 Å². The predicted molar refractivity (Wildman–Crippen MR) is 73.6 cm³/mol. The van der Waals surface area contributed by atoms with Crippen molar-refractivity contribution in [1.82, 2.24) is 5.32 Å². The second-order valence-corrected chi connectivity index (χ2v) is 5.82. The molecule has 1 aromatic carbocycles. The van der Waals surface area contributed by atoms with Crippen LogP contribution in [0.1, 0.15) is 12.0 Å². The first-order valence-electron chi connectivity index (χ1n) is 5.85. The van der Waals surface area contributed by atoms with Crippen molar-refractivity contribution < 1.29 is 4.79 Å². The highest BCUT2D eigenvalue weighted by Gasteiger charge is 2.22. The van der Waals surface area contributed by atoms with Gasteiger partial charge >= 0.3 is 0 Å². The summed E-state index contributed by atoms with van der Waals surface area (Å²) in [5, 5.41) is 3.75. The van der Waals surface area contributed by atoms with Crippen molar-refractivity contribution in [3.05, 3.63) is 34.9 Å². The van der Waals surface area contributed by atoms with E-state index in [9.17, 15) is 4.79 Å². The van der Waals surface area contributed by atoms with Gasteiger partial charge in [-0.2, -0.15) is 11.8 Å². The number of hydrogen-bond donors (Lipinski definition) is 1. The van der Waals surface area contributed by atoms with Crippen molar-refractivity contribution in [3.63, 3.8) is 0 Å². The molecule has 2 nitrogen and oxygen atoms in total. The van der Waals surface area contributed by atoms with E-state index in [-0.39, 0.29) is 11.8 Å². The van der Waals surface area contributed by atoms with Gasteiger partial charge in [0, 0.05) is 23.2 Å². The summed E-state index contributed by atoms with van der Waals surface area (Å²) in [6.45, 7) is 0.695. The van der Waals surface area contributed by atoms with Crippen LogP contribution in [0.5, 0.6) is 0 Å². The van der Waals surface area contributed by atoms with E-state index in [1.165, 1.54) is 5.56 Å². The Bertz CT molecular complexity index is 391. The Morgan fingerprint density at radius 2 is 2.41 bits per heavy atom. The third-order valence-corrected chi connectivity index (χ3v) is 4.30. The van der Waals surface area contributed by atoms with E-state index in [2.05, 4.69) is 5.32 Å². The van der Waals surface area contributed by atoms with Crippen LogP contribution in [0.3, 0.4) is 0 Å². The highest BCUT2D eigenvalue weighted by atomic mass is 35.5. The smallest absolute Gasteiger partial charge is 0.223 e. The van der Waals surface area contributed by atoms with E-state index in [0.717, 1.165) is 29.4 Å². The molecule has 0 saturated carbocycles. The first-order chi connectivity index (χ1) is 8.25. The van der Waals surface area contributed by atoms with Gasteiger partial charge in [0.1, 0.15) is 0 Å². The number of thioether (sulfide) groups is 1. The predicted octanol–water partition coefficient (Wildman–Crippen LogP) is 2.75. The highest BCUT2D eigenvalue weighted by molar-refractivity contribution is 7.99. The molecule has 0 aliphatic carbocycles. The summed E-state index contributed by atoms with van der Waals surface area (Å²) in [5.41, 5.74) is 1.17. The zero-order valence-corrected chi connectivity index (χ0v) is 11.2. The molecule has 0 aromatic heterocycles. The standard InChI is InChI=1S/C13H16ClNOS/c14-12-3-1-2-10(8-12)4-6-15-13(16)11-5-7-17-9-11/h1-3,8,11H,4-7,9H2,(H,15,16). The lowest BCUT2D eigenvalue weighted by Crippen LogP contribution is -2.32. The first kappa shape index (κ1) is 12.8. The fraction of sp³-hybridized carbons (Fsp3) is 0.462. The summed E-state index contributed by atoms with van der Waals surface area (Å²) < 4.78 is 0. The summed E-state index contributed by atoms with van der Waals surface area (Å²) in [6, 6.07) is 7.77. The lowest BCUT2D eigenvalue weighted by molar-refractivity contribution is -0.124. The van der Waals surface area contributed by atoms with Gasteiger partial charge in [-0.3, -0.25) is 4.79 Å². The van der Waals surface area contributed by atoms with E-state index >= 15 is 0 Å². The summed E-state index contributed by atoms with van der Waals surface area (Å²) in [4.78, 5) is 11.8. The molecule has 1 aromatic rings. The number of benzene rings is 1. The van der Waals surface area contributed by atoms with E-state index < -0.39 is 0 Å². The number of rotatable bonds is 4. The first-order valence-corrected chi connectivity index (χ1v) is 7.39. The second-order valence-electron chi connectivity index (χ2n) is 4.23. The maximum Gasteiger partial charge on any atom is 0.223 e. The Morgan fingerprint density at radius 3 is 3.12 bits per heavy atom. The number of halogens is 1. The SMILES string of the molecule is O=C(NCCc1cccc(Cl)c1)C1CCSC1. The van der Waals surface area contributed by atoms with Crippen LogP contribution in [0.4, 0.5) is 0 Å². The molecule has 1 unspecified atom stereocenters. The van der Waals surface area contributed by atoms with Gasteiger partial charge in [-0.05, 0) is 36.3 Å². The number of carbonyl (C=O) groups excluding carboxylic acids is 1. The van der Waals surface area contributed by atoms with Gasteiger partial charge in [0.15, 0.2) is 0 Å². The van der Waals surface area contributed by atoms with Crippen LogP contribution in [0, 0.1) is 5.92 Å². The van der Waals surface area contributed by atoms with Gasteiger partial charge in [-0.15, -0.1) is 0 Å². The molecule has 0 bridgehead atoms. The lowest BCUT2D eigenvalue weighted by Gasteiger charge is -2.09. The van der Waals surface area contributed by atoms with Crippen molar-refractivity contribution in [1.29, 1.82) is 0 Å². The molecule has 1 fully saturated rings. The fourth-order valence-corrected chi connectivity index (χ4v) is 3.34. The minimum atomic E-state index is 0.206. The number of hydrogen-bond acceptors (Lipinski definition) is 2. The Labute approximate surface area is 111 Å². The maximum absolute atomic E-state index is 11.8. The third-order valence-electron chi connectivity index (χ3n) is 2.90. The van der Waals surface area contributed by atoms with E-state index in [0.29, 0.717) is 6.54 Å². The van der Waals surface area contributed by atoms with Crippen molar-refractivity contribution in [3.8, 4) is 0 Å². The van der Waals surface area contributed by atoms with Gasteiger partial charge in [-0.1, -0.05) is 23.7 Å². The van der Waals surface area contributed by atoms with Crippen LogP contribution in [-0.2, 0) is 11.2 Å². The van der Waals surface area contributed by atoms with Crippen LogP contribution < -0.4 is 5.32 Å². The number of nitrogens with one attached hydrogen (secondary N) is 1. The van der Waals surface area contributed by atoms with E-state index in [1.54, 1.807) is 0 Å². The lowest BCUT2D eigenvalue weighted by atomic mass is 10.1. The average Bonchev–Trinajstić information content (AvgIpc) is 2.82. The van der Waals surface area contributed by atoms with Gasteiger partial charge in [-0.25, -0.2) is 0 Å². The molecule has 1 atom stereocenters. The second kappa shape index (κ2) is 6.31. The highest BCUT2D eigenvalue weighted by Crippen LogP contribution is 2.23. The van der Waals surface area contributed by atoms with Crippen molar-refractivity contribution in [2.24, 2.45) is 5.92 Å². The van der Waals surface area contributed by atoms with Gasteiger partial charge in [0.05, 0.1) is 0 Å². The quantitative estimate of drug-likeness (QED) is 0.911. The largest absolute Gasteiger partial charge is 0.356 e. The molecule has 92 valence electrons. The van der Waals surface area contributed by atoms with Gasteiger partial charge in [0.2, 0.25) is 5.91 Å². The molecule has 1 aliphatic rings. The summed E-state index contributed by atoms with van der Waals surface area (Å²) in [5.74, 6) is 2.52. The molecule has 1 saturated heterocycles. The number of carbonyl (C=O) groups is 1. The Kier molecular flexibility index (Phi) is 4.75. The van der Waals surface area contributed by atoms with Crippen LogP contribution in [0.25, 0.3) is 0 Å². The van der Waals surface area contributed by atoms with Crippen molar-refractivity contribution >= 4 is 29.3 Å². The summed E-state index contributed by atoms with van der Waals surface area (Å²) in [7, 11) is 0. The molecule has 1 aliphatic heterocycles. The molecule has 1 amide bonds. The third kappa shape index (κ3) is 3.93. The summed E-state index contributed by atoms with van der Waals surface area (Å²) >= 11 is 7.76. The zero-order chi connectivity index (χ0) is 12.1. The molecular weight excluding hydrogens is 254 g/mol. The molecule has 0 spiro atoms. The number of amides is 1. The molecule has 17 heavy (non-hydrogen) atoms. The minimum absolute atomic E-state index is 0.206. The Hall–Kier alpha value is -0.670. The fourth-order valence-electron chi connectivity index (χ4n) is 1.91. The Balaban J connectivity index is 1.73. The zero-order valence-electron chi connectivity index (χ0n) is 9.62. The molecule has 2 rings (SSSR count). The summed E-state index contributed by atoms with van der Waals surface area (Å²) in [6.07, 6.45) is 1.86. The van der Waals surface area contributed by atoms with Crippen molar-refractivity contribution in [2.75, 3.05) is 18.1 Å². The molecular formula is C13H16ClNOS. The maximum atomic E-state index is 11.8. The average molecular weight is 270 g/mol. The van der Waals surface area contributed by atoms with Crippen molar-refractivity contribution in [2.45, 2.75) is 12.8 Å². The van der Waals surface area contributed by atoms with E-state index in [4.69, 9.17) is 11.6 Å². The topological polar surface area (TPSA) is 29.1 Å². The minimum Gasteiger partial charge on any atom is -0.356 e. The van der Waals surface area contributed by atoms with Crippen LogP contribution in [0.15, 0.2) is 24.3 Å². The molecule has 0 radical (unpaired) electrons. The Morgan fingerprint density at radius 1 is 1.53 bits per heavy atom. The molecule has 1 N–H and O–H groups in total. The van der Waals surface area contributed by atoms with Crippen LogP contribution in [-0.4, -0.2) is 24.0 Å². The monoisotopic (exact) mass is 269 g/mol. The molecule has 1 heterocycles.